The molecule has 0 unspecified atom stereocenters. The van der Waals surface area contributed by atoms with Crippen LogP contribution < -0.4 is 0 Å². The summed E-state index contributed by atoms with van der Waals surface area (Å²) in [4.78, 5) is 24.4. The van der Waals surface area contributed by atoms with Crippen molar-refractivity contribution in [2.45, 2.75) is 32.6 Å². The second-order valence-electron chi connectivity index (χ2n) is 5.08. The maximum atomic E-state index is 12.1. The summed E-state index contributed by atoms with van der Waals surface area (Å²) in [5.41, 5.74) is 0. The molecule has 1 aliphatic heterocycles. The molecule has 1 saturated heterocycles. The van der Waals surface area contributed by atoms with Gasteiger partial charge in [-0.3, -0.25) is 9.59 Å². The summed E-state index contributed by atoms with van der Waals surface area (Å²) in [6.45, 7) is 3.18. The van der Waals surface area contributed by atoms with Crippen molar-refractivity contribution < 1.29 is 19.1 Å². The van der Waals surface area contributed by atoms with Crippen molar-refractivity contribution in [3.8, 4) is 0 Å². The molecule has 5 nitrogen and oxygen atoms in total. The fourth-order valence-corrected chi connectivity index (χ4v) is 2.46. The van der Waals surface area contributed by atoms with Gasteiger partial charge < -0.3 is 14.4 Å². The number of hydrogen-bond donors (Lipinski definition) is 1. The molecule has 2 heterocycles. The minimum atomic E-state index is -0.746. The van der Waals surface area contributed by atoms with E-state index in [1.54, 1.807) is 17.0 Å². The zero-order valence-electron chi connectivity index (χ0n) is 11.1. The van der Waals surface area contributed by atoms with E-state index in [2.05, 4.69) is 0 Å². The van der Waals surface area contributed by atoms with Gasteiger partial charge in [-0.15, -0.1) is 0 Å². The molecule has 1 amide bonds. The highest BCUT2D eigenvalue weighted by molar-refractivity contribution is 5.91. The molecule has 0 bridgehead atoms. The van der Waals surface area contributed by atoms with Gasteiger partial charge >= 0.3 is 5.97 Å². The second kappa shape index (κ2) is 5.91. The summed E-state index contributed by atoms with van der Waals surface area (Å²) < 4.78 is 5.34. The van der Waals surface area contributed by atoms with Crippen molar-refractivity contribution in [3.05, 3.63) is 23.7 Å². The first-order valence-corrected chi connectivity index (χ1v) is 6.64. The zero-order valence-corrected chi connectivity index (χ0v) is 11.1. The third-order valence-corrected chi connectivity index (χ3v) is 3.62. The molecule has 1 fully saturated rings. The molecule has 5 heteroatoms. The largest absolute Gasteiger partial charge is 0.481 e. The first kappa shape index (κ1) is 13.6. The van der Waals surface area contributed by atoms with E-state index >= 15 is 0 Å². The third kappa shape index (κ3) is 3.59. The van der Waals surface area contributed by atoms with Gasteiger partial charge in [0.2, 0.25) is 0 Å². The van der Waals surface area contributed by atoms with Crippen LogP contribution in [0.5, 0.6) is 0 Å². The van der Waals surface area contributed by atoms with Crippen LogP contribution in [0, 0.1) is 12.8 Å². The summed E-state index contributed by atoms with van der Waals surface area (Å²) in [5.74, 6) is 0.731. The van der Waals surface area contributed by atoms with Crippen molar-refractivity contribution in [3.63, 3.8) is 0 Å². The molecule has 1 aliphatic rings. The highest BCUT2D eigenvalue weighted by Gasteiger charge is 2.25. The van der Waals surface area contributed by atoms with E-state index in [1.807, 2.05) is 6.92 Å². The Hall–Kier alpha value is -1.78. The molecule has 0 atom stereocenters. The lowest BCUT2D eigenvalue weighted by Crippen LogP contribution is -2.38. The Morgan fingerprint density at radius 2 is 2.05 bits per heavy atom. The van der Waals surface area contributed by atoms with E-state index in [0.717, 1.165) is 18.6 Å². The Labute approximate surface area is 112 Å². The predicted molar refractivity (Wildman–Crippen MR) is 68.9 cm³/mol. The number of likely N-dealkylation sites (tertiary alicyclic amines) is 1. The molecule has 0 radical (unpaired) electrons. The van der Waals surface area contributed by atoms with Gasteiger partial charge in [0.1, 0.15) is 5.76 Å². The number of carbonyl (C=O) groups excluding carboxylic acids is 1. The van der Waals surface area contributed by atoms with E-state index in [9.17, 15) is 9.59 Å². The molecular weight excluding hydrogens is 246 g/mol. The summed E-state index contributed by atoms with van der Waals surface area (Å²) >= 11 is 0. The van der Waals surface area contributed by atoms with Crippen LogP contribution in [-0.4, -0.2) is 35.0 Å². The van der Waals surface area contributed by atoms with Gasteiger partial charge in [0, 0.05) is 19.5 Å². The van der Waals surface area contributed by atoms with Crippen molar-refractivity contribution in [1.29, 1.82) is 0 Å². The van der Waals surface area contributed by atoms with Crippen LogP contribution in [0.2, 0.25) is 0 Å². The van der Waals surface area contributed by atoms with Crippen molar-refractivity contribution in [2.75, 3.05) is 13.1 Å². The van der Waals surface area contributed by atoms with Crippen molar-refractivity contribution in [2.24, 2.45) is 5.92 Å². The average molecular weight is 265 g/mol. The minimum absolute atomic E-state index is 0.0650. The van der Waals surface area contributed by atoms with Crippen LogP contribution in [0.1, 0.15) is 42.0 Å². The number of furan rings is 1. The number of carboxylic acids is 1. The van der Waals surface area contributed by atoms with Crippen LogP contribution in [0.3, 0.4) is 0 Å². The van der Waals surface area contributed by atoms with Gasteiger partial charge in [-0.25, -0.2) is 0 Å². The second-order valence-corrected chi connectivity index (χ2v) is 5.08. The number of aliphatic carboxylic acids is 1. The molecule has 1 N–H and O–H groups in total. The van der Waals surface area contributed by atoms with E-state index in [0.29, 0.717) is 31.2 Å². The SMILES string of the molecule is Cc1ccc(C(=O)N2CCC(CCC(=O)O)CC2)o1. The van der Waals surface area contributed by atoms with E-state index in [1.165, 1.54) is 0 Å². The first-order valence-electron chi connectivity index (χ1n) is 6.64. The molecule has 0 spiro atoms. The van der Waals surface area contributed by atoms with Crippen molar-refractivity contribution >= 4 is 11.9 Å². The monoisotopic (exact) mass is 265 g/mol. The van der Waals surface area contributed by atoms with Gasteiger partial charge in [0.05, 0.1) is 0 Å². The number of piperidine rings is 1. The molecule has 19 heavy (non-hydrogen) atoms. The van der Waals surface area contributed by atoms with Gasteiger partial charge in [0.25, 0.3) is 5.91 Å². The summed E-state index contributed by atoms with van der Waals surface area (Å²) in [6, 6.07) is 3.49. The Balaban J connectivity index is 1.83. The highest BCUT2D eigenvalue weighted by atomic mass is 16.4. The summed E-state index contributed by atoms with van der Waals surface area (Å²) in [5, 5.41) is 8.66. The van der Waals surface area contributed by atoms with E-state index < -0.39 is 5.97 Å². The molecule has 1 aromatic heterocycles. The fraction of sp³-hybridized carbons (Fsp3) is 0.571. The molecule has 1 aromatic rings. The molecule has 104 valence electrons. The van der Waals surface area contributed by atoms with E-state index in [-0.39, 0.29) is 12.3 Å². The summed E-state index contributed by atoms with van der Waals surface area (Å²) in [7, 11) is 0. The Morgan fingerprint density at radius 3 is 2.58 bits per heavy atom. The van der Waals surface area contributed by atoms with Crippen LogP contribution in [-0.2, 0) is 4.79 Å². The lowest BCUT2D eigenvalue weighted by Gasteiger charge is -2.31. The lowest BCUT2D eigenvalue weighted by atomic mass is 9.92. The molecule has 2 rings (SSSR count). The van der Waals surface area contributed by atoms with E-state index in [4.69, 9.17) is 9.52 Å². The Kier molecular flexibility index (Phi) is 4.24. The fourth-order valence-electron chi connectivity index (χ4n) is 2.46. The normalized spacial score (nSPS) is 16.6. The minimum Gasteiger partial charge on any atom is -0.481 e. The van der Waals surface area contributed by atoms with Crippen LogP contribution in [0.25, 0.3) is 0 Å². The standard InChI is InChI=1S/C14H19NO4/c1-10-2-4-12(19-10)14(18)15-8-6-11(7-9-15)3-5-13(16)17/h2,4,11H,3,5-9H2,1H3,(H,16,17). The maximum Gasteiger partial charge on any atom is 0.303 e. The number of amides is 1. The van der Waals surface area contributed by atoms with Crippen LogP contribution in [0.4, 0.5) is 0 Å². The third-order valence-electron chi connectivity index (χ3n) is 3.62. The first-order chi connectivity index (χ1) is 9.06. The number of rotatable bonds is 4. The Bertz CT molecular complexity index is 458. The maximum absolute atomic E-state index is 12.1. The Morgan fingerprint density at radius 1 is 1.37 bits per heavy atom. The number of carbonyl (C=O) groups is 2. The summed E-state index contributed by atoms with van der Waals surface area (Å²) in [6.07, 6.45) is 2.67. The van der Waals surface area contributed by atoms with Gasteiger partial charge in [0.15, 0.2) is 5.76 Å². The number of nitrogens with zero attached hydrogens (tertiary/aromatic N) is 1. The quantitative estimate of drug-likeness (QED) is 0.906. The van der Waals surface area contributed by atoms with Gasteiger partial charge in [-0.05, 0) is 44.2 Å². The van der Waals surface area contributed by atoms with Crippen LogP contribution >= 0.6 is 0 Å². The smallest absolute Gasteiger partial charge is 0.303 e. The topological polar surface area (TPSA) is 70.8 Å². The predicted octanol–water partition coefficient (Wildman–Crippen LogP) is 2.31. The molecular formula is C14H19NO4. The van der Waals surface area contributed by atoms with Crippen molar-refractivity contribution in [1.82, 2.24) is 4.90 Å². The average Bonchev–Trinajstić information content (AvgIpc) is 2.83. The number of carboxylic acid groups (broad SMARTS) is 1. The zero-order chi connectivity index (χ0) is 13.8. The number of aryl methyl sites for hydroxylation is 1. The molecule has 0 saturated carbocycles. The van der Waals surface area contributed by atoms with Gasteiger partial charge in [-0.1, -0.05) is 0 Å². The lowest BCUT2D eigenvalue weighted by molar-refractivity contribution is -0.137. The number of hydrogen-bond acceptors (Lipinski definition) is 3. The van der Waals surface area contributed by atoms with Crippen LogP contribution in [0.15, 0.2) is 16.5 Å². The van der Waals surface area contributed by atoms with Gasteiger partial charge in [-0.2, -0.15) is 0 Å². The highest BCUT2D eigenvalue weighted by Crippen LogP contribution is 2.23. The molecule has 0 aromatic carbocycles. The molecule has 0 aliphatic carbocycles.